The number of aromatic nitrogens is 1. The normalized spacial score (nSPS) is 14.2. The Kier molecular flexibility index (Phi) is 13.6. The summed E-state index contributed by atoms with van der Waals surface area (Å²) in [6, 6.07) is 69.4. The fraction of sp³-hybridized carbons (Fsp3) is 0.171. The minimum absolute atomic E-state index is 0.163. The van der Waals surface area contributed by atoms with Crippen LogP contribution >= 0.6 is 0 Å². The van der Waals surface area contributed by atoms with E-state index < -0.39 is 0 Å². The van der Waals surface area contributed by atoms with Crippen LogP contribution in [0.5, 0.6) is 0 Å². The number of benzene rings is 9. The molecule has 4 heterocycles. The van der Waals surface area contributed by atoms with Gasteiger partial charge in [0.15, 0.2) is 5.58 Å². The molecule has 11 aromatic rings. The number of rotatable bonds is 15. The van der Waals surface area contributed by atoms with E-state index in [4.69, 9.17) is 13.8 Å². The first-order valence-corrected chi connectivity index (χ1v) is 30.0. The minimum atomic E-state index is -0.163. The summed E-state index contributed by atoms with van der Waals surface area (Å²) in [5.41, 5.74) is 25.2. The predicted molar refractivity (Wildman–Crippen MR) is 352 cm³/mol. The van der Waals surface area contributed by atoms with Gasteiger partial charge in [-0.15, -0.1) is 0 Å². The third kappa shape index (κ3) is 9.38. The second-order valence-corrected chi connectivity index (χ2v) is 22.7. The Balaban J connectivity index is 0.998. The van der Waals surface area contributed by atoms with Crippen molar-refractivity contribution in [1.29, 1.82) is 0 Å². The number of hydrogen-bond donors (Lipinski definition) is 0. The number of furan rings is 1. The van der Waals surface area contributed by atoms with Gasteiger partial charge in [0.05, 0.1) is 0 Å². The maximum Gasteiger partial charge on any atom is 0.252 e. The van der Waals surface area contributed by atoms with Crippen molar-refractivity contribution >= 4 is 107 Å². The van der Waals surface area contributed by atoms with Crippen molar-refractivity contribution in [2.45, 2.75) is 85.5 Å². The molecule has 2 aliphatic heterocycles. The lowest BCUT2D eigenvalue weighted by Gasteiger charge is -2.44. The van der Waals surface area contributed by atoms with E-state index in [2.05, 4.69) is 274 Å². The van der Waals surface area contributed by atoms with Crippen molar-refractivity contribution in [2.24, 2.45) is 0 Å². The van der Waals surface area contributed by atoms with Gasteiger partial charge in [0.1, 0.15) is 16.7 Å². The first kappa shape index (κ1) is 51.8. The summed E-state index contributed by atoms with van der Waals surface area (Å²) in [6.45, 7) is 11.1. The van der Waals surface area contributed by atoms with Crippen LogP contribution in [0.1, 0.15) is 95.2 Å². The highest BCUT2D eigenvalue weighted by molar-refractivity contribution is 7.00. The van der Waals surface area contributed by atoms with Crippen LogP contribution in [0.25, 0.3) is 61.2 Å². The highest BCUT2D eigenvalue weighted by Crippen LogP contribution is 2.48. The summed E-state index contributed by atoms with van der Waals surface area (Å²) in [6.07, 6.45) is 21.2. The van der Waals surface area contributed by atoms with Crippen LogP contribution in [0, 0.1) is 6.92 Å². The fourth-order valence-corrected chi connectivity index (χ4v) is 13.0. The molecule has 2 aromatic heterocycles. The van der Waals surface area contributed by atoms with Crippen LogP contribution in [0.4, 0.5) is 45.5 Å². The molecular formula is C76H67BN4O2. The molecule has 0 fully saturated rings. The Bertz CT molecular complexity index is 4380. The molecule has 6 nitrogen and oxygen atoms in total. The fourth-order valence-electron chi connectivity index (χ4n) is 13.0. The van der Waals surface area contributed by atoms with Crippen LogP contribution in [-0.4, -0.2) is 11.7 Å². The van der Waals surface area contributed by atoms with Gasteiger partial charge < -0.3 is 23.5 Å². The van der Waals surface area contributed by atoms with E-state index in [1.54, 1.807) is 0 Å². The van der Waals surface area contributed by atoms with Crippen LogP contribution in [-0.2, 0) is 0 Å². The van der Waals surface area contributed by atoms with Crippen LogP contribution in [0.15, 0.2) is 239 Å². The van der Waals surface area contributed by atoms with Gasteiger partial charge in [0.2, 0.25) is 5.89 Å². The van der Waals surface area contributed by atoms with Crippen molar-refractivity contribution in [1.82, 2.24) is 4.98 Å². The number of allylic oxidation sites excluding steroid dienone is 7. The largest absolute Gasteiger partial charge is 0.456 e. The van der Waals surface area contributed by atoms with Crippen molar-refractivity contribution < 1.29 is 8.83 Å². The third-order valence-corrected chi connectivity index (χ3v) is 17.1. The zero-order valence-electron chi connectivity index (χ0n) is 48.1. The van der Waals surface area contributed by atoms with Crippen LogP contribution in [0.3, 0.4) is 0 Å². The molecule has 0 saturated carbocycles. The Morgan fingerprint density at radius 2 is 1.33 bits per heavy atom. The molecule has 0 bridgehead atoms. The topological polar surface area (TPSA) is 48.9 Å². The average Bonchev–Trinajstić information content (AvgIpc) is 3.10. The van der Waals surface area contributed by atoms with E-state index >= 15 is 0 Å². The lowest BCUT2D eigenvalue weighted by atomic mass is 9.33. The quantitative estimate of drug-likeness (QED) is 0.0753. The number of para-hydroxylation sites is 1. The van der Waals surface area contributed by atoms with Crippen molar-refractivity contribution in [2.75, 3.05) is 14.7 Å². The van der Waals surface area contributed by atoms with E-state index in [-0.39, 0.29) is 6.71 Å². The van der Waals surface area contributed by atoms with Gasteiger partial charge in [-0.05, 0) is 204 Å². The molecule has 0 N–H and O–H groups in total. The third-order valence-electron chi connectivity index (χ3n) is 17.1. The summed E-state index contributed by atoms with van der Waals surface area (Å²) in [7, 11) is 0. The Hall–Kier alpha value is -9.33. The van der Waals surface area contributed by atoms with Crippen LogP contribution < -0.4 is 31.1 Å². The molecule has 83 heavy (non-hydrogen) atoms. The molecule has 406 valence electrons. The maximum atomic E-state index is 6.98. The Labute approximate surface area is 488 Å². The van der Waals surface area contributed by atoms with Gasteiger partial charge in [0.25, 0.3) is 6.71 Å². The molecule has 7 heteroatoms. The van der Waals surface area contributed by atoms with E-state index in [0.717, 1.165) is 140 Å². The van der Waals surface area contributed by atoms with Crippen LogP contribution in [0.2, 0.25) is 0 Å². The molecular weight excluding hydrogens is 1010 g/mol. The summed E-state index contributed by atoms with van der Waals surface area (Å²) in [5.74, 6) is 1.06. The van der Waals surface area contributed by atoms with E-state index in [1.807, 2.05) is 0 Å². The number of hydrogen-bond acceptors (Lipinski definition) is 6. The van der Waals surface area contributed by atoms with E-state index in [1.165, 1.54) is 44.4 Å². The molecule has 3 aliphatic rings. The van der Waals surface area contributed by atoms with E-state index in [0.29, 0.717) is 11.8 Å². The monoisotopic (exact) mass is 1080 g/mol. The molecule has 1 aliphatic carbocycles. The lowest BCUT2D eigenvalue weighted by Crippen LogP contribution is -2.61. The number of oxazole rings is 1. The Morgan fingerprint density at radius 3 is 2.06 bits per heavy atom. The van der Waals surface area contributed by atoms with E-state index in [9.17, 15) is 0 Å². The van der Waals surface area contributed by atoms with Crippen molar-refractivity contribution in [3.05, 3.63) is 247 Å². The molecule has 14 rings (SSSR count). The van der Waals surface area contributed by atoms with Crippen molar-refractivity contribution in [3.63, 3.8) is 0 Å². The minimum Gasteiger partial charge on any atom is -0.456 e. The molecule has 0 spiro atoms. The maximum absolute atomic E-state index is 6.98. The molecule has 0 saturated heterocycles. The standard InChI is InChI=1S/C76H67BN4O2/c1-6-9-21-53(22-10-7-2)55-29-31-56(32-30-55)76-78-67-49-69-66(48-74(67)83-76)77-65-40-38-62(79(58-25-16-12-17-26-58)59-27-18-13-19-28-59)47-68(65)80(60-36-33-52(34-37-60)51(5)20-8-3)70-43-50(4)44-71(75(70)77)81(69)61-39-42-73-64(46-61)63-45-57(35-41-72(63)82-73)54-23-14-11-15-24-54/h9,11-12,14-18,21-49,51H,6-8,10,13,19-20H2,1-5H3/b21-9-,53-22+. The average molecular weight is 1080 g/mol. The lowest BCUT2D eigenvalue weighted by molar-refractivity contribution is 0.620. The summed E-state index contributed by atoms with van der Waals surface area (Å²) >= 11 is 0. The SMILES string of the molecule is CC/C=C\C(=C/CCC)c1ccc(-c2nc3cc4c(cc3o2)B2c3ccc(N(C5=CCCC=C5)c5ccccc5)cc3N(c3ccc(C(C)CCC)cc3)c3cc(C)cc(c32)N4c2ccc3oc4ccc(-c5ccccc5)cc4c3c2)cc1. The molecule has 0 radical (unpaired) electrons. The number of fused-ring (bicyclic) bond motifs is 8. The second-order valence-electron chi connectivity index (χ2n) is 22.7. The Morgan fingerprint density at radius 1 is 0.614 bits per heavy atom. The van der Waals surface area contributed by atoms with Gasteiger partial charge in [-0.3, -0.25) is 0 Å². The number of nitrogens with zero attached hydrogens (tertiary/aromatic N) is 4. The van der Waals surface area contributed by atoms with Gasteiger partial charge in [-0.2, -0.15) is 0 Å². The molecule has 9 aromatic carbocycles. The zero-order chi connectivity index (χ0) is 56.1. The summed E-state index contributed by atoms with van der Waals surface area (Å²) in [5, 5.41) is 2.15. The summed E-state index contributed by atoms with van der Waals surface area (Å²) in [4.78, 5) is 12.8. The number of unbranched alkanes of at least 4 members (excludes halogenated alkanes) is 1. The summed E-state index contributed by atoms with van der Waals surface area (Å²) < 4.78 is 13.6. The molecule has 1 unspecified atom stereocenters. The van der Waals surface area contributed by atoms with Gasteiger partial charge in [-0.1, -0.05) is 156 Å². The van der Waals surface area contributed by atoms with Gasteiger partial charge in [-0.25, -0.2) is 4.98 Å². The zero-order valence-corrected chi connectivity index (χ0v) is 48.1. The highest BCUT2D eigenvalue weighted by Gasteiger charge is 2.44. The first-order chi connectivity index (χ1) is 40.8. The number of anilines is 8. The predicted octanol–water partition coefficient (Wildman–Crippen LogP) is 19.9. The number of aryl methyl sites for hydroxylation is 1. The smallest absolute Gasteiger partial charge is 0.252 e. The van der Waals surface area contributed by atoms with Gasteiger partial charge >= 0.3 is 0 Å². The molecule has 1 atom stereocenters. The molecule has 0 amide bonds. The first-order valence-electron chi connectivity index (χ1n) is 30.0. The van der Waals surface area contributed by atoms with Gasteiger partial charge in [0, 0.05) is 67.5 Å². The highest BCUT2D eigenvalue weighted by atomic mass is 16.3. The van der Waals surface area contributed by atoms with Crippen molar-refractivity contribution in [3.8, 4) is 22.6 Å². The second kappa shape index (κ2) is 21.9.